The Morgan fingerprint density at radius 3 is 2.43 bits per heavy atom. The summed E-state index contributed by atoms with van der Waals surface area (Å²) in [5.74, 6) is 0.355. The first kappa shape index (κ1) is 25.5. The molecule has 0 N–H and O–H groups in total. The van der Waals surface area contributed by atoms with Crippen LogP contribution >= 0.6 is 23.4 Å². The van der Waals surface area contributed by atoms with Gasteiger partial charge in [0, 0.05) is 36.1 Å². The number of hydrogen-bond acceptors (Lipinski definition) is 5. The number of halogens is 1. The maximum Gasteiger partial charge on any atom is 0.241 e. The zero-order valence-electron chi connectivity index (χ0n) is 21.0. The van der Waals surface area contributed by atoms with Crippen molar-refractivity contribution in [3.63, 3.8) is 0 Å². The zero-order valence-corrected chi connectivity index (χ0v) is 22.5. The van der Waals surface area contributed by atoms with Crippen molar-refractivity contribution >= 4 is 46.6 Å². The van der Waals surface area contributed by atoms with Gasteiger partial charge in [0.1, 0.15) is 11.0 Å². The standard InChI is InChI=1S/C29H30ClN3O3S/c1-20(28(34)32-16-14-31(15-17-32)23-10-3-5-12-25(23)36-2)27-29(35)33(19-21-8-7-9-22(30)18-21)24-11-4-6-13-26(24)37-27/h3-13,18,20,27H,14-17,19H2,1-2H3. The van der Waals surface area contributed by atoms with Crippen LogP contribution in [-0.2, 0) is 16.1 Å². The number of benzene rings is 3. The average Bonchev–Trinajstić information content (AvgIpc) is 2.93. The van der Waals surface area contributed by atoms with Crippen LogP contribution in [0.2, 0.25) is 5.02 Å². The normalized spacial score (nSPS) is 18.4. The second-order valence-corrected chi connectivity index (χ2v) is 11.0. The van der Waals surface area contributed by atoms with E-state index in [1.165, 1.54) is 11.8 Å². The highest BCUT2D eigenvalue weighted by Crippen LogP contribution is 2.43. The lowest BCUT2D eigenvalue weighted by Gasteiger charge is -2.40. The van der Waals surface area contributed by atoms with Crippen molar-refractivity contribution < 1.29 is 14.3 Å². The maximum absolute atomic E-state index is 13.8. The fourth-order valence-corrected chi connectivity index (χ4v) is 6.50. The van der Waals surface area contributed by atoms with E-state index in [1.807, 2.05) is 84.6 Å². The molecule has 3 aromatic rings. The second-order valence-electron chi connectivity index (χ2n) is 9.33. The SMILES string of the molecule is COc1ccccc1N1CCN(C(=O)C(C)C2Sc3ccccc3N(Cc3cccc(Cl)c3)C2=O)CC1. The van der Waals surface area contributed by atoms with Gasteiger partial charge in [0.15, 0.2) is 0 Å². The van der Waals surface area contributed by atoms with E-state index in [9.17, 15) is 9.59 Å². The molecule has 37 heavy (non-hydrogen) atoms. The molecule has 0 bridgehead atoms. The maximum atomic E-state index is 13.8. The molecule has 0 radical (unpaired) electrons. The minimum Gasteiger partial charge on any atom is -0.495 e. The van der Waals surface area contributed by atoms with Gasteiger partial charge in [-0.3, -0.25) is 9.59 Å². The Labute approximate surface area is 227 Å². The summed E-state index contributed by atoms with van der Waals surface area (Å²) in [4.78, 5) is 34.4. The van der Waals surface area contributed by atoms with E-state index in [-0.39, 0.29) is 11.8 Å². The van der Waals surface area contributed by atoms with Gasteiger partial charge < -0.3 is 19.4 Å². The summed E-state index contributed by atoms with van der Waals surface area (Å²) in [6, 6.07) is 23.4. The number of rotatable bonds is 6. The Morgan fingerprint density at radius 2 is 1.70 bits per heavy atom. The van der Waals surface area contributed by atoms with Gasteiger partial charge in [-0.05, 0) is 42.0 Å². The number of ether oxygens (including phenoxy) is 1. The fourth-order valence-electron chi connectivity index (χ4n) is 5.01. The second kappa shape index (κ2) is 11.1. The van der Waals surface area contributed by atoms with E-state index in [2.05, 4.69) is 4.90 Å². The minimum atomic E-state index is -0.492. The summed E-state index contributed by atoms with van der Waals surface area (Å²) in [6.45, 7) is 4.94. The van der Waals surface area contributed by atoms with Crippen molar-refractivity contribution in [2.45, 2.75) is 23.6 Å². The van der Waals surface area contributed by atoms with Gasteiger partial charge in [-0.25, -0.2) is 0 Å². The van der Waals surface area contributed by atoms with Gasteiger partial charge >= 0.3 is 0 Å². The molecule has 3 aromatic carbocycles. The van der Waals surface area contributed by atoms with Gasteiger partial charge in [-0.2, -0.15) is 0 Å². The first-order valence-electron chi connectivity index (χ1n) is 12.4. The lowest BCUT2D eigenvalue weighted by Crippen LogP contribution is -2.53. The van der Waals surface area contributed by atoms with Crippen molar-refractivity contribution in [3.05, 3.63) is 83.4 Å². The van der Waals surface area contributed by atoms with E-state index in [1.54, 1.807) is 12.0 Å². The molecule has 2 amide bonds. The smallest absolute Gasteiger partial charge is 0.241 e. The summed E-state index contributed by atoms with van der Waals surface area (Å²) in [5.41, 5.74) is 2.86. The quantitative estimate of drug-likeness (QED) is 0.426. The molecule has 6 nitrogen and oxygen atoms in total. The number of anilines is 2. The van der Waals surface area contributed by atoms with Gasteiger partial charge in [0.2, 0.25) is 11.8 Å². The van der Waals surface area contributed by atoms with Crippen LogP contribution in [0.5, 0.6) is 5.75 Å². The monoisotopic (exact) mass is 535 g/mol. The molecule has 1 fully saturated rings. The van der Waals surface area contributed by atoms with Crippen LogP contribution in [-0.4, -0.2) is 55.3 Å². The van der Waals surface area contributed by atoms with Crippen LogP contribution in [0.3, 0.4) is 0 Å². The molecule has 1 saturated heterocycles. The molecule has 2 unspecified atom stereocenters. The number of carbonyl (C=O) groups is 2. The van der Waals surface area contributed by atoms with Crippen molar-refractivity contribution in [2.24, 2.45) is 5.92 Å². The van der Waals surface area contributed by atoms with E-state index >= 15 is 0 Å². The third-order valence-corrected chi connectivity index (χ3v) is 8.71. The Morgan fingerprint density at radius 1 is 1.00 bits per heavy atom. The summed E-state index contributed by atoms with van der Waals surface area (Å²) in [7, 11) is 1.67. The predicted octanol–water partition coefficient (Wildman–Crippen LogP) is 5.34. The highest BCUT2D eigenvalue weighted by molar-refractivity contribution is 8.01. The molecule has 0 aromatic heterocycles. The summed E-state index contributed by atoms with van der Waals surface area (Å²) in [6.07, 6.45) is 0. The van der Waals surface area contributed by atoms with Crippen LogP contribution < -0.4 is 14.5 Å². The molecule has 0 spiro atoms. The van der Waals surface area contributed by atoms with E-state index in [4.69, 9.17) is 16.3 Å². The number of piperazine rings is 1. The Hall–Kier alpha value is -3.16. The molecule has 8 heteroatoms. The van der Waals surface area contributed by atoms with Crippen LogP contribution in [0.25, 0.3) is 0 Å². The Balaban J connectivity index is 1.31. The number of methoxy groups -OCH3 is 1. The summed E-state index contributed by atoms with van der Waals surface area (Å²) >= 11 is 7.70. The average molecular weight is 536 g/mol. The lowest BCUT2D eigenvalue weighted by atomic mass is 10.0. The molecular formula is C29H30ClN3O3S. The van der Waals surface area contributed by atoms with Crippen LogP contribution in [0.4, 0.5) is 11.4 Å². The molecule has 0 saturated carbocycles. The number of carbonyl (C=O) groups excluding carboxylic acids is 2. The van der Waals surface area contributed by atoms with Crippen molar-refractivity contribution in [1.82, 2.24) is 4.90 Å². The summed E-state index contributed by atoms with van der Waals surface area (Å²) < 4.78 is 5.52. The molecule has 2 aliphatic rings. The molecule has 2 heterocycles. The number of para-hydroxylation sites is 3. The topological polar surface area (TPSA) is 53.1 Å². The highest BCUT2D eigenvalue weighted by atomic mass is 35.5. The number of fused-ring (bicyclic) bond motifs is 1. The van der Waals surface area contributed by atoms with Crippen LogP contribution in [0, 0.1) is 5.92 Å². The first-order chi connectivity index (χ1) is 18.0. The number of nitrogens with zero attached hydrogens (tertiary/aromatic N) is 3. The molecule has 2 aliphatic heterocycles. The van der Waals surface area contributed by atoms with Crippen molar-refractivity contribution in [1.29, 1.82) is 0 Å². The first-order valence-corrected chi connectivity index (χ1v) is 13.7. The Kier molecular flexibility index (Phi) is 7.63. The summed E-state index contributed by atoms with van der Waals surface area (Å²) in [5, 5.41) is 0.144. The third-order valence-electron chi connectivity index (χ3n) is 7.01. The third kappa shape index (κ3) is 5.29. The lowest BCUT2D eigenvalue weighted by molar-refractivity contribution is -0.137. The number of amides is 2. The largest absolute Gasteiger partial charge is 0.495 e. The van der Waals surface area contributed by atoms with E-state index in [0.717, 1.165) is 27.6 Å². The zero-order chi connectivity index (χ0) is 25.9. The predicted molar refractivity (Wildman–Crippen MR) is 150 cm³/mol. The fraction of sp³-hybridized carbons (Fsp3) is 0.310. The number of thioether (sulfide) groups is 1. The minimum absolute atomic E-state index is 0.0209. The van der Waals surface area contributed by atoms with Crippen molar-refractivity contribution in [2.75, 3.05) is 43.1 Å². The van der Waals surface area contributed by atoms with Crippen LogP contribution in [0.15, 0.2) is 77.7 Å². The Bertz CT molecular complexity index is 1290. The molecule has 2 atom stereocenters. The van der Waals surface area contributed by atoms with Gasteiger partial charge in [-0.1, -0.05) is 54.9 Å². The molecule has 5 rings (SSSR count). The van der Waals surface area contributed by atoms with Crippen molar-refractivity contribution in [3.8, 4) is 5.75 Å². The van der Waals surface area contributed by atoms with Crippen LogP contribution in [0.1, 0.15) is 12.5 Å². The molecule has 0 aliphatic carbocycles. The van der Waals surface area contributed by atoms with Gasteiger partial charge in [0.05, 0.1) is 30.9 Å². The molecular weight excluding hydrogens is 506 g/mol. The van der Waals surface area contributed by atoms with Gasteiger partial charge in [0.25, 0.3) is 0 Å². The molecule has 192 valence electrons. The van der Waals surface area contributed by atoms with E-state index < -0.39 is 11.2 Å². The number of hydrogen-bond donors (Lipinski definition) is 0. The highest BCUT2D eigenvalue weighted by Gasteiger charge is 2.41. The van der Waals surface area contributed by atoms with Gasteiger partial charge in [-0.15, -0.1) is 11.8 Å². The van der Waals surface area contributed by atoms with E-state index in [0.29, 0.717) is 37.7 Å².